The number of pyridine rings is 1. The monoisotopic (exact) mass is 343 g/mol. The minimum absolute atomic E-state index is 0.00554. The summed E-state index contributed by atoms with van der Waals surface area (Å²) in [5.74, 6) is -1.10. The Labute approximate surface area is 126 Å². The summed E-state index contributed by atoms with van der Waals surface area (Å²) in [5, 5.41) is 0.0216. The average molecular weight is 345 g/mol. The van der Waals surface area contributed by atoms with E-state index in [1.807, 2.05) is 0 Å². The van der Waals surface area contributed by atoms with Crippen molar-refractivity contribution in [1.29, 1.82) is 0 Å². The van der Waals surface area contributed by atoms with E-state index in [4.69, 9.17) is 34.8 Å². The zero-order valence-corrected chi connectivity index (χ0v) is 11.7. The largest absolute Gasteiger partial charge is 0.417 e. The maximum atomic E-state index is 13.7. The lowest BCUT2D eigenvalue weighted by atomic mass is 10.1. The van der Waals surface area contributed by atoms with Crippen molar-refractivity contribution in [2.24, 2.45) is 0 Å². The summed E-state index contributed by atoms with van der Waals surface area (Å²) in [6.07, 6.45) is -4.25. The molecule has 0 fully saturated rings. The molecule has 8 heteroatoms. The number of nitrogens with zero attached hydrogens (tertiary/aromatic N) is 1. The molecule has 1 nitrogen and oxygen atoms in total. The fraction of sp³-hybridized carbons (Fsp3) is 0.0833. The van der Waals surface area contributed by atoms with Gasteiger partial charge in [-0.05, 0) is 18.2 Å². The van der Waals surface area contributed by atoms with E-state index in [1.54, 1.807) is 0 Å². The zero-order chi connectivity index (χ0) is 15.1. The number of hydrogen-bond acceptors (Lipinski definition) is 1. The van der Waals surface area contributed by atoms with Gasteiger partial charge >= 0.3 is 6.18 Å². The van der Waals surface area contributed by atoms with Gasteiger partial charge in [-0.2, -0.15) is 17.6 Å². The summed E-state index contributed by atoms with van der Waals surface area (Å²) in [5.41, 5.74) is -1.57. The molecule has 0 saturated heterocycles. The molecule has 0 aliphatic heterocycles. The molecular weight excluding hydrogens is 340 g/mol. The molecule has 20 heavy (non-hydrogen) atoms. The molecule has 0 spiro atoms. The Morgan fingerprint density at radius 2 is 1.60 bits per heavy atom. The molecular formula is C12H4Cl3F4N. The van der Waals surface area contributed by atoms with E-state index >= 15 is 0 Å². The molecule has 0 unspecified atom stereocenters. The molecule has 0 aliphatic rings. The van der Waals surface area contributed by atoms with Crippen LogP contribution in [0.1, 0.15) is 5.56 Å². The van der Waals surface area contributed by atoms with Crippen LogP contribution in [0.5, 0.6) is 0 Å². The van der Waals surface area contributed by atoms with Crippen LogP contribution in [0.4, 0.5) is 17.6 Å². The highest BCUT2D eigenvalue weighted by atomic mass is 35.5. The van der Waals surface area contributed by atoms with Gasteiger partial charge in [0, 0.05) is 22.3 Å². The highest BCUT2D eigenvalue weighted by Gasteiger charge is 2.32. The molecule has 0 saturated carbocycles. The Kier molecular flexibility index (Phi) is 4.14. The molecule has 106 valence electrons. The Bertz CT molecular complexity index is 670. The smallest absolute Gasteiger partial charge is 0.227 e. The maximum Gasteiger partial charge on any atom is 0.417 e. The predicted molar refractivity (Wildman–Crippen MR) is 69.7 cm³/mol. The minimum Gasteiger partial charge on any atom is -0.227 e. The normalized spacial score (nSPS) is 11.8. The first-order chi connectivity index (χ1) is 9.20. The lowest BCUT2D eigenvalue weighted by Crippen LogP contribution is -2.07. The SMILES string of the molecule is Fc1ncc(C(F)(F)F)cc1-c1cc(Cl)cc(Cl)c1Cl. The molecule has 2 rings (SSSR count). The first kappa shape index (κ1) is 15.4. The maximum absolute atomic E-state index is 13.7. The second-order valence-corrected chi connectivity index (χ2v) is 5.03. The van der Waals surface area contributed by atoms with Gasteiger partial charge in [0.05, 0.1) is 15.6 Å². The second kappa shape index (κ2) is 5.39. The van der Waals surface area contributed by atoms with Gasteiger partial charge in [-0.25, -0.2) is 4.98 Å². The highest BCUT2D eigenvalue weighted by molar-refractivity contribution is 6.45. The first-order valence-electron chi connectivity index (χ1n) is 5.08. The van der Waals surface area contributed by atoms with E-state index in [2.05, 4.69) is 4.98 Å². The number of benzene rings is 1. The molecule has 0 amide bonds. The van der Waals surface area contributed by atoms with Gasteiger partial charge in [0.2, 0.25) is 5.95 Å². The van der Waals surface area contributed by atoms with Gasteiger partial charge in [-0.15, -0.1) is 0 Å². The third-order valence-electron chi connectivity index (χ3n) is 2.45. The fourth-order valence-corrected chi connectivity index (χ4v) is 2.25. The van der Waals surface area contributed by atoms with Crippen LogP contribution >= 0.6 is 34.8 Å². The highest BCUT2D eigenvalue weighted by Crippen LogP contribution is 2.39. The quantitative estimate of drug-likeness (QED) is 0.358. The van der Waals surface area contributed by atoms with Gasteiger partial charge < -0.3 is 0 Å². The van der Waals surface area contributed by atoms with Gasteiger partial charge in [0.15, 0.2) is 0 Å². The Balaban J connectivity index is 2.70. The van der Waals surface area contributed by atoms with Crippen molar-refractivity contribution in [3.63, 3.8) is 0 Å². The molecule has 0 atom stereocenters. The Hall–Kier alpha value is -1.04. The summed E-state index contributed by atoms with van der Waals surface area (Å²) in [6.45, 7) is 0. The van der Waals surface area contributed by atoms with Crippen molar-refractivity contribution in [2.45, 2.75) is 6.18 Å². The van der Waals surface area contributed by atoms with Crippen LogP contribution in [-0.4, -0.2) is 4.98 Å². The number of aromatic nitrogens is 1. The number of halogens is 7. The van der Waals surface area contributed by atoms with Crippen molar-refractivity contribution in [3.8, 4) is 11.1 Å². The van der Waals surface area contributed by atoms with Crippen LogP contribution in [0.15, 0.2) is 24.4 Å². The van der Waals surface area contributed by atoms with Gasteiger partial charge in [-0.1, -0.05) is 34.8 Å². The van der Waals surface area contributed by atoms with Gasteiger partial charge in [-0.3, -0.25) is 0 Å². The third-order valence-corrected chi connectivity index (χ3v) is 3.47. The molecule has 0 aliphatic carbocycles. The summed E-state index contributed by atoms with van der Waals surface area (Å²) in [4.78, 5) is 3.09. The second-order valence-electron chi connectivity index (χ2n) is 3.81. The van der Waals surface area contributed by atoms with Crippen LogP contribution in [-0.2, 0) is 6.18 Å². The van der Waals surface area contributed by atoms with Crippen molar-refractivity contribution < 1.29 is 17.6 Å². The van der Waals surface area contributed by atoms with Gasteiger partial charge in [0.1, 0.15) is 0 Å². The molecule has 1 aromatic carbocycles. The summed E-state index contributed by atoms with van der Waals surface area (Å²) in [6, 6.07) is 3.13. The molecule has 2 aromatic rings. The van der Waals surface area contributed by atoms with Crippen molar-refractivity contribution in [3.05, 3.63) is 51.0 Å². The van der Waals surface area contributed by atoms with E-state index in [0.29, 0.717) is 12.3 Å². The van der Waals surface area contributed by atoms with E-state index in [1.165, 1.54) is 12.1 Å². The van der Waals surface area contributed by atoms with Crippen molar-refractivity contribution in [2.75, 3.05) is 0 Å². The summed E-state index contributed by atoms with van der Waals surface area (Å²) in [7, 11) is 0. The van der Waals surface area contributed by atoms with Crippen molar-refractivity contribution in [1.82, 2.24) is 4.98 Å². The predicted octanol–water partition coefficient (Wildman–Crippen LogP) is 5.87. The van der Waals surface area contributed by atoms with E-state index in [0.717, 1.165) is 0 Å². The molecule has 0 N–H and O–H groups in total. The van der Waals surface area contributed by atoms with E-state index < -0.39 is 23.3 Å². The van der Waals surface area contributed by atoms with Crippen LogP contribution in [0.3, 0.4) is 0 Å². The molecule has 1 heterocycles. The number of rotatable bonds is 1. The first-order valence-corrected chi connectivity index (χ1v) is 6.21. The lowest BCUT2D eigenvalue weighted by Gasteiger charge is -2.11. The fourth-order valence-electron chi connectivity index (χ4n) is 1.54. The van der Waals surface area contributed by atoms with Crippen LogP contribution in [0.2, 0.25) is 15.1 Å². The number of alkyl halides is 3. The van der Waals surface area contributed by atoms with E-state index in [9.17, 15) is 17.6 Å². The Morgan fingerprint density at radius 1 is 0.950 bits per heavy atom. The lowest BCUT2D eigenvalue weighted by molar-refractivity contribution is -0.137. The third kappa shape index (κ3) is 3.00. The van der Waals surface area contributed by atoms with E-state index in [-0.39, 0.29) is 20.6 Å². The molecule has 0 radical (unpaired) electrons. The topological polar surface area (TPSA) is 12.9 Å². The number of hydrogen-bond donors (Lipinski definition) is 0. The van der Waals surface area contributed by atoms with Crippen LogP contribution < -0.4 is 0 Å². The van der Waals surface area contributed by atoms with Crippen molar-refractivity contribution >= 4 is 34.8 Å². The summed E-state index contributed by atoms with van der Waals surface area (Å²) < 4.78 is 51.5. The summed E-state index contributed by atoms with van der Waals surface area (Å²) >= 11 is 17.4. The van der Waals surface area contributed by atoms with Gasteiger partial charge in [0.25, 0.3) is 0 Å². The van der Waals surface area contributed by atoms with Crippen LogP contribution in [0, 0.1) is 5.95 Å². The van der Waals surface area contributed by atoms with Crippen LogP contribution in [0.25, 0.3) is 11.1 Å². The minimum atomic E-state index is -4.65. The standard InChI is InChI=1S/C12H4Cl3F4N/c13-6-2-7(10(15)9(14)3-6)8-1-5(12(17,18)19)4-20-11(8)16/h1-4H. The average Bonchev–Trinajstić information content (AvgIpc) is 2.33. The molecule has 1 aromatic heterocycles. The zero-order valence-electron chi connectivity index (χ0n) is 9.40. The molecule has 0 bridgehead atoms. The Morgan fingerprint density at radius 3 is 2.20 bits per heavy atom.